The minimum absolute atomic E-state index is 0.175. The number of benzene rings is 2. The molecule has 4 nitrogen and oxygen atoms in total. The molecular formula is C13H9NO3V. The van der Waals surface area contributed by atoms with Gasteiger partial charge in [-0.1, -0.05) is 24.3 Å². The van der Waals surface area contributed by atoms with Crippen molar-refractivity contribution in [1.82, 2.24) is 4.98 Å². The number of aromatic hydroxyl groups is 1. The first kappa shape index (κ1) is 12.5. The second kappa shape index (κ2) is 5.62. The number of nitrogens with zero attached hydrogens (tertiary/aromatic N) is 1. The molecule has 0 aliphatic rings. The van der Waals surface area contributed by atoms with E-state index in [4.69, 9.17) is 8.09 Å². The maximum absolute atomic E-state index is 9.69. The molecule has 5 heteroatoms. The van der Waals surface area contributed by atoms with E-state index in [0.29, 0.717) is 11.5 Å². The Bertz CT molecular complexity index is 633. The van der Waals surface area contributed by atoms with Crippen LogP contribution in [0.2, 0.25) is 0 Å². The van der Waals surface area contributed by atoms with Crippen molar-refractivity contribution in [3.63, 3.8) is 0 Å². The molecule has 89 valence electrons. The first-order valence-electron chi connectivity index (χ1n) is 5.17. The van der Waals surface area contributed by atoms with Gasteiger partial charge >= 0.3 is 21.0 Å². The molecule has 0 amide bonds. The second-order valence-electron chi connectivity index (χ2n) is 3.50. The standard InChI is InChI=1S/C13H9NO2.O.V/c15-11-7-3-1-5-9(11)13-14-10-6-2-4-8-12(10)16-13;;/h1-8,15H;;. The summed E-state index contributed by atoms with van der Waals surface area (Å²) in [5, 5.41) is 9.69. The van der Waals surface area contributed by atoms with Crippen LogP contribution in [0.1, 0.15) is 0 Å². The van der Waals surface area contributed by atoms with E-state index in [0.717, 1.165) is 28.5 Å². The normalized spacial score (nSPS) is 9.72. The van der Waals surface area contributed by atoms with Crippen molar-refractivity contribution in [3.8, 4) is 17.2 Å². The molecule has 1 heterocycles. The van der Waals surface area contributed by atoms with Crippen molar-refractivity contribution < 1.29 is 30.6 Å². The van der Waals surface area contributed by atoms with Crippen LogP contribution in [0, 0.1) is 0 Å². The summed E-state index contributed by atoms with van der Waals surface area (Å²) in [7, 11) is 0. The van der Waals surface area contributed by atoms with Crippen molar-refractivity contribution in [1.29, 1.82) is 0 Å². The van der Waals surface area contributed by atoms with Crippen molar-refractivity contribution >= 4 is 11.1 Å². The number of phenolic OH excluding ortho intramolecular Hbond substituents is 1. The van der Waals surface area contributed by atoms with Crippen LogP contribution in [0.5, 0.6) is 5.75 Å². The first-order valence-corrected chi connectivity index (χ1v) is 5.74. The Labute approximate surface area is 112 Å². The summed E-state index contributed by atoms with van der Waals surface area (Å²) in [6.07, 6.45) is 0. The van der Waals surface area contributed by atoms with Gasteiger partial charge in [0.1, 0.15) is 11.3 Å². The van der Waals surface area contributed by atoms with Crippen LogP contribution in [-0.4, -0.2) is 10.1 Å². The molecule has 0 spiro atoms. The van der Waals surface area contributed by atoms with Crippen LogP contribution in [0.15, 0.2) is 52.9 Å². The number of rotatable bonds is 1. The van der Waals surface area contributed by atoms with Crippen molar-refractivity contribution in [2.45, 2.75) is 0 Å². The van der Waals surface area contributed by atoms with Crippen LogP contribution in [0.3, 0.4) is 0 Å². The molecular weight excluding hydrogens is 269 g/mol. The molecule has 0 atom stereocenters. The molecule has 2 aromatic carbocycles. The minimum atomic E-state index is 0.175. The third-order valence-electron chi connectivity index (χ3n) is 2.43. The molecule has 0 saturated carbocycles. The van der Waals surface area contributed by atoms with E-state index in [1.807, 2.05) is 30.3 Å². The van der Waals surface area contributed by atoms with Crippen LogP contribution >= 0.6 is 0 Å². The molecule has 3 rings (SSSR count). The average molecular weight is 278 g/mol. The summed E-state index contributed by atoms with van der Waals surface area (Å²) < 4.78 is 13.8. The van der Waals surface area contributed by atoms with Gasteiger partial charge in [0.2, 0.25) is 5.89 Å². The Morgan fingerprint density at radius 2 is 1.67 bits per heavy atom. The van der Waals surface area contributed by atoms with Crippen molar-refractivity contribution in [2.24, 2.45) is 0 Å². The van der Waals surface area contributed by atoms with Gasteiger partial charge in [0, 0.05) is 0 Å². The molecule has 3 aromatic rings. The van der Waals surface area contributed by atoms with Gasteiger partial charge in [-0.2, -0.15) is 0 Å². The van der Waals surface area contributed by atoms with Gasteiger partial charge in [-0.05, 0) is 24.3 Å². The molecule has 18 heavy (non-hydrogen) atoms. The zero-order chi connectivity index (χ0) is 13.0. The number of phenols is 1. The van der Waals surface area contributed by atoms with E-state index in [1.54, 1.807) is 18.2 Å². The molecule has 0 radical (unpaired) electrons. The summed E-state index contributed by atoms with van der Waals surface area (Å²) in [6, 6.07) is 14.5. The maximum atomic E-state index is 9.69. The predicted octanol–water partition coefficient (Wildman–Crippen LogP) is 3.08. The summed E-state index contributed by atoms with van der Waals surface area (Å²) in [4.78, 5) is 4.32. The van der Waals surface area contributed by atoms with Gasteiger partial charge in [0.25, 0.3) is 0 Å². The van der Waals surface area contributed by atoms with E-state index in [1.165, 1.54) is 0 Å². The van der Waals surface area contributed by atoms with Crippen LogP contribution in [0.4, 0.5) is 0 Å². The van der Waals surface area contributed by atoms with Gasteiger partial charge < -0.3 is 9.52 Å². The fraction of sp³-hybridized carbons (Fsp3) is 0. The van der Waals surface area contributed by atoms with Gasteiger partial charge in [0.05, 0.1) is 5.56 Å². The molecule has 0 unspecified atom stereocenters. The van der Waals surface area contributed by atoms with Gasteiger partial charge in [0.15, 0.2) is 5.58 Å². The van der Waals surface area contributed by atoms with E-state index < -0.39 is 0 Å². The third kappa shape index (κ3) is 2.35. The number of fused-ring (bicyclic) bond motifs is 1. The topological polar surface area (TPSA) is 63.3 Å². The molecule has 0 aliphatic carbocycles. The second-order valence-corrected chi connectivity index (χ2v) is 3.50. The molecule has 0 saturated heterocycles. The number of oxazole rings is 1. The van der Waals surface area contributed by atoms with E-state index in [2.05, 4.69) is 4.98 Å². The summed E-state index contributed by atoms with van der Waals surface area (Å²) in [5.41, 5.74) is 2.13. The molecule has 0 aliphatic heterocycles. The van der Waals surface area contributed by atoms with Crippen molar-refractivity contribution in [3.05, 3.63) is 48.5 Å². The fourth-order valence-electron chi connectivity index (χ4n) is 1.64. The number of hydrogen-bond donors (Lipinski definition) is 1. The molecule has 1 N–H and O–H groups in total. The number of para-hydroxylation sites is 3. The zero-order valence-electron chi connectivity index (χ0n) is 9.28. The third-order valence-corrected chi connectivity index (χ3v) is 2.43. The monoisotopic (exact) mass is 278 g/mol. The van der Waals surface area contributed by atoms with Gasteiger partial charge in [-0.3, -0.25) is 0 Å². The summed E-state index contributed by atoms with van der Waals surface area (Å²) in [5.74, 6) is 0.619. The molecule has 0 fully saturated rings. The zero-order valence-corrected chi connectivity index (χ0v) is 10.7. The van der Waals surface area contributed by atoms with Gasteiger partial charge in [-0.15, -0.1) is 0 Å². The Hall–Kier alpha value is -1.91. The fourth-order valence-corrected chi connectivity index (χ4v) is 1.64. The van der Waals surface area contributed by atoms with E-state index in [-0.39, 0.29) is 5.75 Å². The Kier molecular flexibility index (Phi) is 3.92. The number of hydrogen-bond acceptors (Lipinski definition) is 4. The van der Waals surface area contributed by atoms with Crippen LogP contribution in [-0.2, 0) is 21.0 Å². The number of aromatic nitrogens is 1. The summed E-state index contributed by atoms with van der Waals surface area (Å²) >= 11 is 1.06. The quantitative estimate of drug-likeness (QED) is 0.743. The average Bonchev–Trinajstić information content (AvgIpc) is 2.85. The molecule has 0 bridgehead atoms. The van der Waals surface area contributed by atoms with Crippen LogP contribution in [0.25, 0.3) is 22.6 Å². The molecule has 1 aromatic heterocycles. The first-order chi connectivity index (χ1) is 8.84. The van der Waals surface area contributed by atoms with Crippen LogP contribution < -0.4 is 0 Å². The SMILES string of the molecule is Oc1ccccc1-c1nc2ccccc2o1.[O]=[V]. The Balaban J connectivity index is 0.000000574. The summed E-state index contributed by atoms with van der Waals surface area (Å²) in [6.45, 7) is 0. The van der Waals surface area contributed by atoms with E-state index >= 15 is 0 Å². The van der Waals surface area contributed by atoms with Crippen molar-refractivity contribution in [2.75, 3.05) is 0 Å². The predicted molar refractivity (Wildman–Crippen MR) is 61.8 cm³/mol. The Morgan fingerprint density at radius 1 is 1.00 bits per heavy atom. The van der Waals surface area contributed by atoms with E-state index in [9.17, 15) is 5.11 Å². The Morgan fingerprint density at radius 3 is 2.39 bits per heavy atom. The van der Waals surface area contributed by atoms with Gasteiger partial charge in [-0.25, -0.2) is 4.98 Å².